The van der Waals surface area contributed by atoms with Crippen LogP contribution >= 0.6 is 15.9 Å². The minimum atomic E-state index is -4.26. The lowest BCUT2D eigenvalue weighted by atomic mass is 10.3. The van der Waals surface area contributed by atoms with Gasteiger partial charge in [-0.2, -0.15) is 0 Å². The van der Waals surface area contributed by atoms with Gasteiger partial charge < -0.3 is 5.11 Å². The van der Waals surface area contributed by atoms with E-state index in [0.29, 0.717) is 6.07 Å². The van der Waals surface area contributed by atoms with E-state index in [2.05, 4.69) is 15.9 Å². The molecule has 0 amide bonds. The van der Waals surface area contributed by atoms with Gasteiger partial charge in [0, 0.05) is 12.1 Å². The maximum Gasteiger partial charge on any atom is 0.304 e. The number of hydrogen-bond acceptors (Lipinski definition) is 3. The van der Waals surface area contributed by atoms with Crippen LogP contribution in [0, 0.1) is 11.6 Å². The Kier molecular flexibility index (Phi) is 4.99. The van der Waals surface area contributed by atoms with Crippen LogP contribution in [-0.2, 0) is 14.8 Å². The van der Waals surface area contributed by atoms with Gasteiger partial charge in [-0.1, -0.05) is 0 Å². The van der Waals surface area contributed by atoms with Crippen LogP contribution < -0.4 is 4.72 Å². The number of rotatable bonds is 5. The zero-order chi connectivity index (χ0) is 14.8. The number of carboxylic acid groups (broad SMARTS) is 1. The molecule has 106 valence electrons. The molecule has 0 radical (unpaired) electrons. The first kappa shape index (κ1) is 16.0. The number of carbonyl (C=O) groups is 1. The first-order chi connectivity index (χ1) is 8.63. The zero-order valence-electron chi connectivity index (χ0n) is 9.65. The molecule has 1 aromatic rings. The summed E-state index contributed by atoms with van der Waals surface area (Å²) >= 11 is 2.75. The number of hydrogen-bond donors (Lipinski definition) is 2. The van der Waals surface area contributed by atoms with Crippen molar-refractivity contribution in [1.82, 2.24) is 4.72 Å². The Morgan fingerprint density at radius 2 is 2.00 bits per heavy atom. The molecule has 0 heterocycles. The number of halogens is 3. The number of benzene rings is 1. The van der Waals surface area contributed by atoms with Crippen molar-refractivity contribution >= 4 is 31.9 Å². The smallest absolute Gasteiger partial charge is 0.304 e. The van der Waals surface area contributed by atoms with Crippen LogP contribution in [-0.4, -0.2) is 25.5 Å². The summed E-state index contributed by atoms with van der Waals surface area (Å²) in [6.45, 7) is 1.32. The molecule has 0 aromatic heterocycles. The lowest BCUT2D eigenvalue weighted by molar-refractivity contribution is -0.137. The molecule has 2 N–H and O–H groups in total. The molecule has 5 nitrogen and oxygen atoms in total. The molecule has 0 saturated heterocycles. The average molecular weight is 358 g/mol. The summed E-state index contributed by atoms with van der Waals surface area (Å²) < 4.78 is 51.9. The SMILES string of the molecule is CC(CC(=O)O)NS(=O)(=O)c1cc(Br)c(F)cc1F. The Morgan fingerprint density at radius 1 is 1.42 bits per heavy atom. The summed E-state index contributed by atoms with van der Waals surface area (Å²) in [5.74, 6) is -3.39. The Morgan fingerprint density at radius 3 is 2.53 bits per heavy atom. The number of carboxylic acids is 1. The van der Waals surface area contributed by atoms with Gasteiger partial charge in [-0.05, 0) is 28.9 Å². The summed E-state index contributed by atoms with van der Waals surface area (Å²) in [4.78, 5) is 9.68. The third-order valence-electron chi connectivity index (χ3n) is 2.10. The van der Waals surface area contributed by atoms with Crippen molar-refractivity contribution in [3.63, 3.8) is 0 Å². The molecule has 9 heteroatoms. The van der Waals surface area contributed by atoms with Crippen LogP contribution in [0.3, 0.4) is 0 Å². The van der Waals surface area contributed by atoms with E-state index in [0.717, 1.165) is 6.07 Å². The number of sulfonamides is 1. The molecular weight excluding hydrogens is 348 g/mol. The third kappa shape index (κ3) is 4.22. The van der Waals surface area contributed by atoms with E-state index in [1.807, 2.05) is 4.72 Å². The van der Waals surface area contributed by atoms with Gasteiger partial charge in [-0.3, -0.25) is 4.79 Å². The monoisotopic (exact) mass is 357 g/mol. The second kappa shape index (κ2) is 5.93. The summed E-state index contributed by atoms with van der Waals surface area (Å²) in [5, 5.41) is 8.52. The van der Waals surface area contributed by atoms with Crippen LogP contribution in [0.4, 0.5) is 8.78 Å². The van der Waals surface area contributed by atoms with Crippen LogP contribution in [0.1, 0.15) is 13.3 Å². The highest BCUT2D eigenvalue weighted by molar-refractivity contribution is 9.10. The van der Waals surface area contributed by atoms with Crippen molar-refractivity contribution < 1.29 is 27.1 Å². The second-order valence-electron chi connectivity index (χ2n) is 3.82. The Labute approximate surface area is 116 Å². The van der Waals surface area contributed by atoms with Crippen molar-refractivity contribution in [3.8, 4) is 0 Å². The fourth-order valence-electron chi connectivity index (χ4n) is 1.34. The number of nitrogens with one attached hydrogen (secondary N) is 1. The Bertz CT molecular complexity index is 606. The second-order valence-corrected chi connectivity index (χ2v) is 6.35. The summed E-state index contributed by atoms with van der Waals surface area (Å²) in [5.41, 5.74) is 0. The van der Waals surface area contributed by atoms with Gasteiger partial charge in [0.25, 0.3) is 0 Å². The quantitative estimate of drug-likeness (QED) is 0.788. The minimum absolute atomic E-state index is 0.208. The number of aliphatic carboxylic acids is 1. The molecule has 0 saturated carbocycles. The van der Waals surface area contributed by atoms with Crippen molar-refractivity contribution in [2.24, 2.45) is 0 Å². The predicted octanol–water partition coefficient (Wildman–Crippen LogP) is 1.87. The Balaban J connectivity index is 3.07. The zero-order valence-corrected chi connectivity index (χ0v) is 12.1. The van der Waals surface area contributed by atoms with Crippen molar-refractivity contribution in [2.45, 2.75) is 24.3 Å². The van der Waals surface area contributed by atoms with E-state index in [9.17, 15) is 22.0 Å². The standard InChI is InChI=1S/C10H10BrF2NO4S/c1-5(2-10(15)16)14-19(17,18)9-3-6(11)7(12)4-8(9)13/h3-5,14H,2H2,1H3,(H,15,16). The fraction of sp³-hybridized carbons (Fsp3) is 0.300. The van der Waals surface area contributed by atoms with Crippen molar-refractivity contribution in [3.05, 3.63) is 28.2 Å². The van der Waals surface area contributed by atoms with Gasteiger partial charge in [-0.15, -0.1) is 0 Å². The van der Waals surface area contributed by atoms with Crippen LogP contribution in [0.25, 0.3) is 0 Å². The van der Waals surface area contributed by atoms with Crippen molar-refractivity contribution in [1.29, 1.82) is 0 Å². The predicted molar refractivity (Wildman–Crippen MR) is 66.1 cm³/mol. The molecule has 19 heavy (non-hydrogen) atoms. The van der Waals surface area contributed by atoms with E-state index in [1.165, 1.54) is 6.92 Å². The minimum Gasteiger partial charge on any atom is -0.481 e. The highest BCUT2D eigenvalue weighted by atomic mass is 79.9. The largest absolute Gasteiger partial charge is 0.481 e. The lowest BCUT2D eigenvalue weighted by Crippen LogP contribution is -2.34. The van der Waals surface area contributed by atoms with Gasteiger partial charge in [-0.25, -0.2) is 21.9 Å². The third-order valence-corrected chi connectivity index (χ3v) is 4.31. The summed E-state index contributed by atoms with van der Waals surface area (Å²) in [6.07, 6.45) is -0.455. The van der Waals surface area contributed by atoms with Gasteiger partial charge in [0.1, 0.15) is 16.5 Å². The van der Waals surface area contributed by atoms with E-state index >= 15 is 0 Å². The normalized spacial score (nSPS) is 13.3. The molecule has 0 spiro atoms. The highest BCUT2D eigenvalue weighted by Gasteiger charge is 2.24. The molecule has 0 bridgehead atoms. The molecule has 0 aliphatic heterocycles. The van der Waals surface area contributed by atoms with Crippen molar-refractivity contribution in [2.75, 3.05) is 0 Å². The molecule has 1 atom stereocenters. The first-order valence-electron chi connectivity index (χ1n) is 5.02. The van der Waals surface area contributed by atoms with Gasteiger partial charge in [0.05, 0.1) is 10.9 Å². The topological polar surface area (TPSA) is 83.5 Å². The van der Waals surface area contributed by atoms with Crippen LogP contribution in [0.2, 0.25) is 0 Å². The summed E-state index contributed by atoms with van der Waals surface area (Å²) in [7, 11) is -4.26. The maximum atomic E-state index is 13.4. The Hall–Kier alpha value is -1.06. The van der Waals surface area contributed by atoms with Gasteiger partial charge in [0.15, 0.2) is 0 Å². The van der Waals surface area contributed by atoms with Crippen LogP contribution in [0.15, 0.2) is 21.5 Å². The van der Waals surface area contributed by atoms with E-state index in [4.69, 9.17) is 5.11 Å². The fourth-order valence-corrected chi connectivity index (χ4v) is 3.17. The maximum absolute atomic E-state index is 13.4. The van der Waals surface area contributed by atoms with E-state index < -0.39 is 45.0 Å². The lowest BCUT2D eigenvalue weighted by Gasteiger charge is -2.13. The molecule has 1 rings (SSSR count). The average Bonchev–Trinajstić information content (AvgIpc) is 2.20. The van der Waals surface area contributed by atoms with Crippen LogP contribution in [0.5, 0.6) is 0 Å². The first-order valence-corrected chi connectivity index (χ1v) is 7.29. The molecule has 0 fully saturated rings. The highest BCUT2D eigenvalue weighted by Crippen LogP contribution is 2.23. The molecule has 0 aliphatic rings. The van der Waals surface area contributed by atoms with E-state index in [1.54, 1.807) is 0 Å². The van der Waals surface area contributed by atoms with Gasteiger partial charge >= 0.3 is 5.97 Å². The molecule has 0 aliphatic carbocycles. The van der Waals surface area contributed by atoms with Gasteiger partial charge in [0.2, 0.25) is 10.0 Å². The molecule has 1 unspecified atom stereocenters. The molecule has 1 aromatic carbocycles. The van der Waals surface area contributed by atoms with E-state index in [-0.39, 0.29) is 4.47 Å². The summed E-state index contributed by atoms with van der Waals surface area (Å²) in [6, 6.07) is 0.284. The molecular formula is C10H10BrF2NO4S.